The molecule has 208 valence electrons. The van der Waals surface area contributed by atoms with Gasteiger partial charge in [-0.1, -0.05) is 80.6 Å². The normalized spacial score (nSPS) is 11.6. The summed E-state index contributed by atoms with van der Waals surface area (Å²) in [5.41, 5.74) is 6.07. The second-order valence-corrected chi connectivity index (χ2v) is 11.2. The third-order valence-electron chi connectivity index (χ3n) is 7.15. The van der Waals surface area contributed by atoms with Crippen LogP contribution in [0.15, 0.2) is 48.5 Å². The Balaban J connectivity index is 1.74. The van der Waals surface area contributed by atoms with E-state index in [-0.39, 0.29) is 0 Å². The van der Waals surface area contributed by atoms with Gasteiger partial charge in [-0.3, -0.25) is 0 Å². The number of nitrogens with zero attached hydrogens (tertiary/aromatic N) is 2. The number of rotatable bonds is 22. The fraction of sp³-hybridized carbons (Fsp3) is 0.636. The summed E-state index contributed by atoms with van der Waals surface area (Å²) in [6.45, 7) is 6.41. The van der Waals surface area contributed by atoms with Crippen molar-refractivity contribution in [2.24, 2.45) is 0 Å². The second kappa shape index (κ2) is 20.3. The Kier molecular flexibility index (Phi) is 17.3. The van der Waals surface area contributed by atoms with Crippen molar-refractivity contribution in [1.29, 1.82) is 0 Å². The lowest BCUT2D eigenvalue weighted by Crippen LogP contribution is -2.23. The first-order valence-electron chi connectivity index (χ1n) is 14.9. The predicted octanol–water partition coefficient (Wildman–Crippen LogP) is 6.29. The molecule has 0 heterocycles. The molecule has 0 atom stereocenters. The Morgan fingerprint density at radius 1 is 0.514 bits per heavy atom. The number of hydrogen-bond donors (Lipinski definition) is 2. The standard InChI is InChI=1S/C33H56N4/c1-36(2)26-16-24-34-28-31-21-15-22-32(29-35-25-17-27-37(3)4)33(31)23-14-9-7-5-6-8-11-18-30-19-12-10-13-20-30/h10,12-13,15,19-22,34-35H,5-9,11,14,16-18,23-29H2,1-4H3. The summed E-state index contributed by atoms with van der Waals surface area (Å²) in [7, 11) is 8.60. The molecule has 0 saturated carbocycles. The number of nitrogens with one attached hydrogen (secondary N) is 2. The Morgan fingerprint density at radius 3 is 1.51 bits per heavy atom. The molecule has 4 heteroatoms. The maximum absolute atomic E-state index is 3.70. The summed E-state index contributed by atoms with van der Waals surface area (Å²) in [6.07, 6.45) is 14.3. The lowest BCUT2D eigenvalue weighted by Gasteiger charge is -2.17. The highest BCUT2D eigenvalue weighted by Gasteiger charge is 2.09. The SMILES string of the molecule is CN(C)CCCNCc1cccc(CNCCCN(C)C)c1CCCCCCCCCc1ccccc1. The van der Waals surface area contributed by atoms with Crippen molar-refractivity contribution in [2.75, 3.05) is 54.4 Å². The molecule has 0 amide bonds. The van der Waals surface area contributed by atoms with Gasteiger partial charge in [-0.05, 0) is 115 Å². The molecule has 37 heavy (non-hydrogen) atoms. The van der Waals surface area contributed by atoms with Crippen molar-refractivity contribution in [2.45, 2.75) is 83.7 Å². The van der Waals surface area contributed by atoms with Crippen molar-refractivity contribution in [3.63, 3.8) is 0 Å². The van der Waals surface area contributed by atoms with Crippen LogP contribution in [-0.2, 0) is 25.9 Å². The van der Waals surface area contributed by atoms with Crippen molar-refractivity contribution in [3.05, 3.63) is 70.8 Å². The van der Waals surface area contributed by atoms with Crippen molar-refractivity contribution < 1.29 is 0 Å². The summed E-state index contributed by atoms with van der Waals surface area (Å²) < 4.78 is 0. The number of unbranched alkanes of at least 4 members (excludes halogenated alkanes) is 6. The van der Waals surface area contributed by atoms with Crippen LogP contribution in [-0.4, -0.2) is 64.2 Å². The van der Waals surface area contributed by atoms with E-state index in [2.05, 4.69) is 97.2 Å². The van der Waals surface area contributed by atoms with E-state index in [0.717, 1.165) is 39.3 Å². The maximum atomic E-state index is 3.70. The van der Waals surface area contributed by atoms with Crippen LogP contribution in [0.3, 0.4) is 0 Å². The molecular formula is C33H56N4. The first kappa shape index (κ1) is 31.5. The molecule has 0 aromatic heterocycles. The zero-order valence-corrected chi connectivity index (χ0v) is 24.5. The average molecular weight is 509 g/mol. The van der Waals surface area contributed by atoms with E-state index in [9.17, 15) is 0 Å². The van der Waals surface area contributed by atoms with Crippen LogP contribution < -0.4 is 10.6 Å². The predicted molar refractivity (Wildman–Crippen MR) is 162 cm³/mol. The molecule has 2 N–H and O–H groups in total. The van der Waals surface area contributed by atoms with Gasteiger partial charge in [0, 0.05) is 13.1 Å². The van der Waals surface area contributed by atoms with Gasteiger partial charge in [0.15, 0.2) is 0 Å². The van der Waals surface area contributed by atoms with Crippen molar-refractivity contribution in [3.8, 4) is 0 Å². The van der Waals surface area contributed by atoms with Gasteiger partial charge >= 0.3 is 0 Å². The minimum Gasteiger partial charge on any atom is -0.313 e. The summed E-state index contributed by atoms with van der Waals surface area (Å²) in [6, 6.07) is 17.9. The minimum atomic E-state index is 0.985. The summed E-state index contributed by atoms with van der Waals surface area (Å²) >= 11 is 0. The van der Waals surface area contributed by atoms with Crippen LogP contribution in [0.5, 0.6) is 0 Å². The van der Waals surface area contributed by atoms with Gasteiger partial charge in [0.25, 0.3) is 0 Å². The Hall–Kier alpha value is -1.72. The topological polar surface area (TPSA) is 30.5 Å². The zero-order valence-electron chi connectivity index (χ0n) is 24.5. The number of aryl methyl sites for hydroxylation is 1. The minimum absolute atomic E-state index is 0.985. The van der Waals surface area contributed by atoms with Crippen LogP contribution in [0.4, 0.5) is 0 Å². The summed E-state index contributed by atoms with van der Waals surface area (Å²) in [4.78, 5) is 4.53. The monoisotopic (exact) mass is 508 g/mol. The van der Waals surface area contributed by atoms with E-state index >= 15 is 0 Å². The highest BCUT2D eigenvalue weighted by molar-refractivity contribution is 5.35. The lowest BCUT2D eigenvalue weighted by atomic mass is 9.95. The maximum Gasteiger partial charge on any atom is 0.0208 e. The summed E-state index contributed by atoms with van der Waals surface area (Å²) in [5.74, 6) is 0. The van der Waals surface area contributed by atoms with Gasteiger partial charge in [0.2, 0.25) is 0 Å². The number of hydrogen-bond acceptors (Lipinski definition) is 4. The molecule has 0 radical (unpaired) electrons. The zero-order chi connectivity index (χ0) is 26.6. The molecule has 2 aromatic rings. The smallest absolute Gasteiger partial charge is 0.0208 e. The molecule has 0 aliphatic heterocycles. The molecule has 0 fully saturated rings. The largest absolute Gasteiger partial charge is 0.313 e. The average Bonchev–Trinajstić information content (AvgIpc) is 2.88. The number of benzene rings is 2. The summed E-state index contributed by atoms with van der Waals surface area (Å²) in [5, 5.41) is 7.41. The Labute approximate surface area is 229 Å². The first-order valence-corrected chi connectivity index (χ1v) is 14.9. The van der Waals surface area contributed by atoms with Gasteiger partial charge in [0.05, 0.1) is 0 Å². The van der Waals surface area contributed by atoms with Crippen LogP contribution in [0.2, 0.25) is 0 Å². The Morgan fingerprint density at radius 2 is 1.00 bits per heavy atom. The molecule has 0 saturated heterocycles. The van der Waals surface area contributed by atoms with Crippen LogP contribution in [0, 0.1) is 0 Å². The second-order valence-electron chi connectivity index (χ2n) is 11.2. The van der Waals surface area contributed by atoms with Gasteiger partial charge in [0.1, 0.15) is 0 Å². The molecule has 2 aromatic carbocycles. The fourth-order valence-electron chi connectivity index (χ4n) is 4.99. The van der Waals surface area contributed by atoms with Gasteiger partial charge < -0.3 is 20.4 Å². The highest BCUT2D eigenvalue weighted by Crippen LogP contribution is 2.20. The molecule has 0 aliphatic carbocycles. The van der Waals surface area contributed by atoms with Crippen molar-refractivity contribution >= 4 is 0 Å². The highest BCUT2D eigenvalue weighted by atomic mass is 15.1. The van der Waals surface area contributed by atoms with Gasteiger partial charge in [-0.25, -0.2) is 0 Å². The van der Waals surface area contributed by atoms with E-state index in [1.54, 1.807) is 5.56 Å². The van der Waals surface area contributed by atoms with Crippen LogP contribution in [0.25, 0.3) is 0 Å². The Bertz CT molecular complexity index is 767. The van der Waals surface area contributed by atoms with E-state index in [0.29, 0.717) is 0 Å². The molecular weight excluding hydrogens is 452 g/mol. The molecule has 0 aliphatic rings. The molecule has 4 nitrogen and oxygen atoms in total. The van der Waals surface area contributed by atoms with E-state index in [1.165, 1.54) is 87.3 Å². The van der Waals surface area contributed by atoms with Gasteiger partial charge in [-0.15, -0.1) is 0 Å². The van der Waals surface area contributed by atoms with Crippen LogP contribution in [0.1, 0.15) is 80.0 Å². The van der Waals surface area contributed by atoms with Crippen LogP contribution >= 0.6 is 0 Å². The van der Waals surface area contributed by atoms with E-state index in [4.69, 9.17) is 0 Å². The van der Waals surface area contributed by atoms with E-state index < -0.39 is 0 Å². The molecule has 0 unspecified atom stereocenters. The fourth-order valence-corrected chi connectivity index (χ4v) is 4.99. The molecule has 0 bridgehead atoms. The third-order valence-corrected chi connectivity index (χ3v) is 7.15. The van der Waals surface area contributed by atoms with Crippen molar-refractivity contribution in [1.82, 2.24) is 20.4 Å². The van der Waals surface area contributed by atoms with Gasteiger partial charge in [-0.2, -0.15) is 0 Å². The quantitative estimate of drug-likeness (QED) is 0.183. The first-order chi connectivity index (χ1) is 18.1. The molecule has 0 spiro atoms. The third kappa shape index (κ3) is 15.3. The lowest BCUT2D eigenvalue weighted by molar-refractivity contribution is 0.394. The van der Waals surface area contributed by atoms with E-state index in [1.807, 2.05) is 0 Å². The molecule has 2 rings (SSSR count).